The lowest BCUT2D eigenvalue weighted by Crippen LogP contribution is -2.32. The number of rotatable bonds is 2. The van der Waals surface area contributed by atoms with E-state index in [-0.39, 0.29) is 18.3 Å². The predicted molar refractivity (Wildman–Crippen MR) is 57.0 cm³/mol. The van der Waals surface area contributed by atoms with Crippen LogP contribution in [0.15, 0.2) is 17.1 Å². The molecule has 92 valence electrons. The molecule has 2 heterocycles. The summed E-state index contributed by atoms with van der Waals surface area (Å²) >= 11 is 0. The number of aromatic nitrogens is 2. The number of aliphatic hydroxyl groups excluding tert-OH is 1. The van der Waals surface area contributed by atoms with Gasteiger partial charge in [-0.05, 0) is 12.5 Å². The highest BCUT2D eigenvalue weighted by molar-refractivity contribution is 5.24. The molecule has 0 aromatic carbocycles. The molecule has 1 aromatic heterocycles. The van der Waals surface area contributed by atoms with Crippen LogP contribution < -0.4 is 11.4 Å². The number of nitrogen functional groups attached to an aromatic ring is 1. The van der Waals surface area contributed by atoms with Gasteiger partial charge in [0.1, 0.15) is 23.8 Å². The molecule has 7 nitrogen and oxygen atoms in total. The fourth-order valence-corrected chi connectivity index (χ4v) is 2.47. The lowest BCUT2D eigenvalue weighted by molar-refractivity contribution is -0.0818. The Labute approximate surface area is 96.5 Å². The van der Waals surface area contributed by atoms with Crippen molar-refractivity contribution in [2.45, 2.75) is 24.4 Å². The Balaban J connectivity index is 1.95. The third-order valence-electron chi connectivity index (χ3n) is 3.53. The number of nitrogens with two attached hydrogens (primary N) is 1. The molecule has 4 atom stereocenters. The zero-order valence-electron chi connectivity index (χ0n) is 8.98. The molecule has 1 aromatic rings. The Morgan fingerprint density at radius 1 is 1.71 bits per heavy atom. The average Bonchev–Trinajstić information content (AvgIpc) is 2.87. The number of nitrogens with zero attached hydrogens (tertiary/aromatic N) is 2. The van der Waals surface area contributed by atoms with Gasteiger partial charge in [-0.3, -0.25) is 4.57 Å². The maximum absolute atomic E-state index is 11.6. The van der Waals surface area contributed by atoms with Crippen molar-refractivity contribution in [1.29, 1.82) is 0 Å². The predicted octanol–water partition coefficient (Wildman–Crippen LogP) is -1.53. The molecule has 17 heavy (non-hydrogen) atoms. The van der Waals surface area contributed by atoms with E-state index in [0.717, 1.165) is 0 Å². The Bertz CT molecular complexity index is 517. The number of ether oxygens (including phenoxy) is 1. The molecule has 0 bridgehead atoms. The van der Waals surface area contributed by atoms with Crippen molar-refractivity contribution in [2.24, 2.45) is 5.92 Å². The van der Waals surface area contributed by atoms with Gasteiger partial charge in [-0.1, -0.05) is 0 Å². The first-order chi connectivity index (χ1) is 8.06. The quantitative estimate of drug-likeness (QED) is 0.577. The highest BCUT2D eigenvalue weighted by Gasteiger charge is 2.68. The summed E-state index contributed by atoms with van der Waals surface area (Å²) in [5.41, 5.74) is 3.89. The second kappa shape index (κ2) is 3.28. The Kier molecular flexibility index (Phi) is 2.07. The van der Waals surface area contributed by atoms with Crippen LogP contribution in [0, 0.1) is 5.92 Å². The van der Waals surface area contributed by atoms with Crippen LogP contribution in [0.5, 0.6) is 0 Å². The lowest BCUT2D eigenvalue weighted by atomic mass is 10.2. The van der Waals surface area contributed by atoms with Crippen LogP contribution >= 0.6 is 0 Å². The van der Waals surface area contributed by atoms with Crippen molar-refractivity contribution in [1.82, 2.24) is 9.55 Å². The maximum atomic E-state index is 11.6. The van der Waals surface area contributed by atoms with E-state index in [1.165, 1.54) is 16.8 Å². The van der Waals surface area contributed by atoms with Crippen LogP contribution in [0.1, 0.15) is 12.6 Å². The van der Waals surface area contributed by atoms with Gasteiger partial charge < -0.3 is 20.7 Å². The zero-order chi connectivity index (χ0) is 12.2. The minimum Gasteiger partial charge on any atom is -0.394 e. The van der Waals surface area contributed by atoms with E-state index >= 15 is 0 Å². The minimum atomic E-state index is -1.000. The van der Waals surface area contributed by atoms with E-state index in [4.69, 9.17) is 15.6 Å². The van der Waals surface area contributed by atoms with Crippen LogP contribution in [-0.2, 0) is 4.74 Å². The summed E-state index contributed by atoms with van der Waals surface area (Å²) in [4.78, 5) is 15.2. The number of aliphatic hydroxyl groups is 2. The zero-order valence-corrected chi connectivity index (χ0v) is 8.98. The molecule has 0 spiro atoms. The van der Waals surface area contributed by atoms with Gasteiger partial charge in [0.2, 0.25) is 0 Å². The molecule has 1 saturated heterocycles. The van der Waals surface area contributed by atoms with Crippen LogP contribution in [0.2, 0.25) is 0 Å². The van der Waals surface area contributed by atoms with Gasteiger partial charge in [0, 0.05) is 12.1 Å². The van der Waals surface area contributed by atoms with Gasteiger partial charge in [-0.15, -0.1) is 0 Å². The highest BCUT2D eigenvalue weighted by Crippen LogP contribution is 2.59. The standard InChI is InChI=1S/C10H13N3O4/c11-7-1-2-13(9(15)12-7)8-5-3-10(5,16)6(4-14)17-8/h1-2,5-6,8,14,16H,3-4H2,(H2,11,12,15). The normalized spacial score (nSPS) is 39.1. The van der Waals surface area contributed by atoms with Gasteiger partial charge in [0.05, 0.1) is 6.61 Å². The van der Waals surface area contributed by atoms with Crippen molar-refractivity contribution in [3.8, 4) is 0 Å². The molecule has 3 rings (SSSR count). The lowest BCUT2D eigenvalue weighted by Gasteiger charge is -2.19. The third-order valence-corrected chi connectivity index (χ3v) is 3.53. The summed E-state index contributed by atoms with van der Waals surface area (Å²) in [6, 6.07) is 1.50. The summed E-state index contributed by atoms with van der Waals surface area (Å²) < 4.78 is 6.76. The van der Waals surface area contributed by atoms with Crippen LogP contribution in [0.25, 0.3) is 0 Å². The molecule has 1 aliphatic carbocycles. The molecule has 0 amide bonds. The topological polar surface area (TPSA) is 111 Å². The molecule has 4 unspecified atom stereocenters. The Morgan fingerprint density at radius 3 is 3.06 bits per heavy atom. The van der Waals surface area contributed by atoms with Gasteiger partial charge in [-0.2, -0.15) is 4.98 Å². The fraction of sp³-hybridized carbons (Fsp3) is 0.600. The van der Waals surface area contributed by atoms with Gasteiger partial charge in [0.25, 0.3) is 0 Å². The molecular formula is C10H13N3O4. The van der Waals surface area contributed by atoms with Crippen molar-refractivity contribution in [3.05, 3.63) is 22.7 Å². The summed E-state index contributed by atoms with van der Waals surface area (Å²) in [7, 11) is 0. The summed E-state index contributed by atoms with van der Waals surface area (Å²) in [6.07, 6.45) is 0.813. The van der Waals surface area contributed by atoms with Gasteiger partial charge in [-0.25, -0.2) is 4.79 Å². The second-order valence-electron chi connectivity index (χ2n) is 4.54. The first kappa shape index (κ1) is 10.7. The fourth-order valence-electron chi connectivity index (χ4n) is 2.47. The van der Waals surface area contributed by atoms with E-state index in [9.17, 15) is 9.90 Å². The first-order valence-electron chi connectivity index (χ1n) is 5.39. The molecule has 4 N–H and O–H groups in total. The van der Waals surface area contributed by atoms with Crippen molar-refractivity contribution in [3.63, 3.8) is 0 Å². The second-order valence-corrected chi connectivity index (χ2v) is 4.54. The first-order valence-corrected chi connectivity index (χ1v) is 5.39. The average molecular weight is 239 g/mol. The van der Waals surface area contributed by atoms with Crippen LogP contribution in [0.3, 0.4) is 0 Å². The molecule has 1 aliphatic heterocycles. The molecule has 2 aliphatic rings. The maximum Gasteiger partial charge on any atom is 0.351 e. The van der Waals surface area contributed by atoms with Crippen molar-refractivity contribution >= 4 is 5.82 Å². The number of hydrogen-bond acceptors (Lipinski definition) is 6. The molecule has 2 fully saturated rings. The van der Waals surface area contributed by atoms with E-state index in [2.05, 4.69) is 4.98 Å². The number of hydrogen-bond donors (Lipinski definition) is 3. The smallest absolute Gasteiger partial charge is 0.351 e. The Hall–Kier alpha value is -1.44. The molecule has 7 heteroatoms. The van der Waals surface area contributed by atoms with E-state index in [0.29, 0.717) is 6.42 Å². The summed E-state index contributed by atoms with van der Waals surface area (Å²) in [5.74, 6) is -0.0169. The minimum absolute atomic E-state index is 0.147. The summed E-state index contributed by atoms with van der Waals surface area (Å²) in [6.45, 7) is -0.263. The van der Waals surface area contributed by atoms with E-state index in [1.807, 2.05) is 0 Å². The van der Waals surface area contributed by atoms with Crippen LogP contribution in [-0.4, -0.2) is 38.1 Å². The van der Waals surface area contributed by atoms with Crippen molar-refractivity contribution < 1.29 is 14.9 Å². The summed E-state index contributed by atoms with van der Waals surface area (Å²) in [5, 5.41) is 19.2. The van der Waals surface area contributed by atoms with Gasteiger partial charge in [0.15, 0.2) is 0 Å². The van der Waals surface area contributed by atoms with Gasteiger partial charge >= 0.3 is 5.69 Å². The molecule has 0 radical (unpaired) electrons. The van der Waals surface area contributed by atoms with E-state index in [1.54, 1.807) is 0 Å². The third kappa shape index (κ3) is 1.40. The number of anilines is 1. The number of fused-ring (bicyclic) bond motifs is 1. The highest BCUT2D eigenvalue weighted by atomic mass is 16.6. The van der Waals surface area contributed by atoms with E-state index < -0.39 is 23.6 Å². The molecular weight excluding hydrogens is 226 g/mol. The van der Waals surface area contributed by atoms with Crippen molar-refractivity contribution in [2.75, 3.05) is 12.3 Å². The monoisotopic (exact) mass is 239 g/mol. The SMILES string of the molecule is Nc1ccn(C2OC(CO)C3(O)CC23)c(=O)n1. The molecule has 1 saturated carbocycles. The Morgan fingerprint density at radius 2 is 2.47 bits per heavy atom. The van der Waals surface area contributed by atoms with Crippen LogP contribution in [0.4, 0.5) is 5.82 Å². The largest absolute Gasteiger partial charge is 0.394 e.